The molecule has 0 heterocycles. The molecule has 0 aliphatic heterocycles. The highest BCUT2D eigenvalue weighted by atomic mass is 79.9. The quantitative estimate of drug-likeness (QED) is 0.630. The van der Waals surface area contributed by atoms with Crippen molar-refractivity contribution < 1.29 is 0 Å². The number of hydrogen-bond donors (Lipinski definition) is 0. The Bertz CT molecular complexity index is 75.3. The normalized spacial score (nSPS) is 16.5. The minimum absolute atomic E-state index is 0.578. The van der Waals surface area contributed by atoms with E-state index in [9.17, 15) is 0 Å². The molecule has 0 saturated carbocycles. The van der Waals surface area contributed by atoms with Crippen molar-refractivity contribution >= 4 is 26.4 Å². The monoisotopic (exact) mass is 220 g/mol. The Labute approximate surface area is 76.4 Å². The van der Waals surface area contributed by atoms with Crippen LogP contribution in [0.15, 0.2) is 0 Å². The third-order valence-corrected chi connectivity index (χ3v) is 10.9. The van der Waals surface area contributed by atoms with E-state index in [1.807, 2.05) is 0 Å². The highest BCUT2D eigenvalue weighted by Gasteiger charge is 2.25. The van der Waals surface area contributed by atoms with Gasteiger partial charge < -0.3 is 0 Å². The summed E-state index contributed by atoms with van der Waals surface area (Å²) < 4.78 is 1.91. The van der Waals surface area contributed by atoms with Crippen LogP contribution in [-0.4, -0.2) is 12.3 Å². The molecule has 10 heavy (non-hydrogen) atoms. The van der Waals surface area contributed by atoms with Gasteiger partial charge in [-0.05, 0) is 0 Å². The van der Waals surface area contributed by atoms with Gasteiger partial charge in [-0.3, -0.25) is 0 Å². The molecule has 60 valence electrons. The van der Waals surface area contributed by atoms with Crippen molar-refractivity contribution in [3.8, 4) is 0 Å². The molecule has 0 bridgehead atoms. The Morgan fingerprint density at radius 2 is 1.40 bits per heavy atom. The molecule has 2 unspecified atom stereocenters. The fourth-order valence-electron chi connectivity index (χ4n) is 1.01. The van der Waals surface area contributed by atoms with Gasteiger partial charge in [0.25, 0.3) is 0 Å². The van der Waals surface area contributed by atoms with E-state index < -0.39 is 12.3 Å². The Balaban J connectivity index is 3.69. The lowest BCUT2D eigenvalue weighted by Crippen LogP contribution is -2.15. The largest absolute Gasteiger partial charge is 0.371 e. The second kappa shape index (κ2) is 5.64. The summed E-state index contributed by atoms with van der Waals surface area (Å²) in [6, 6.07) is 0. The number of hydrogen-bond acceptors (Lipinski definition) is 0. The minimum Gasteiger partial charge on any atom is -0.216 e. The molecule has 2 heteroatoms. The summed E-state index contributed by atoms with van der Waals surface area (Å²) in [6.07, 6.45) is 2.68. The van der Waals surface area contributed by atoms with Crippen LogP contribution in [0.1, 0.15) is 40.5 Å². The molecular weight excluding hydrogens is 203 g/mol. The molecule has 0 spiro atoms. The van der Waals surface area contributed by atoms with Crippen LogP contribution in [0.2, 0.25) is 9.56 Å². The van der Waals surface area contributed by atoms with E-state index in [2.05, 4.69) is 41.7 Å². The first-order valence-electron chi connectivity index (χ1n) is 4.27. The van der Waals surface area contributed by atoms with Gasteiger partial charge in [-0.15, -0.1) is 0 Å². The summed E-state index contributed by atoms with van der Waals surface area (Å²) in [5.74, 6) is 0. The van der Waals surface area contributed by atoms with Crippen molar-refractivity contribution in [1.29, 1.82) is 0 Å². The molecular formula is C8H18AlBr. The molecule has 0 saturated heterocycles. The van der Waals surface area contributed by atoms with E-state index in [0.717, 1.165) is 9.56 Å². The van der Waals surface area contributed by atoms with Crippen LogP contribution in [0.25, 0.3) is 0 Å². The zero-order valence-electron chi connectivity index (χ0n) is 7.52. The molecule has 0 aromatic carbocycles. The molecule has 0 amide bonds. The Hall–Kier alpha value is 1.01. The van der Waals surface area contributed by atoms with E-state index in [0.29, 0.717) is 0 Å². The molecule has 0 aromatic heterocycles. The second-order valence-electron chi connectivity index (χ2n) is 3.22. The number of halogens is 1. The van der Waals surface area contributed by atoms with Crippen molar-refractivity contribution in [2.45, 2.75) is 50.1 Å². The van der Waals surface area contributed by atoms with Crippen LogP contribution < -0.4 is 0 Å². The van der Waals surface area contributed by atoms with Crippen molar-refractivity contribution in [3.63, 3.8) is 0 Å². The molecule has 0 radical (unpaired) electrons. The highest BCUT2D eigenvalue weighted by molar-refractivity contribution is 9.24. The third-order valence-electron chi connectivity index (χ3n) is 2.38. The maximum absolute atomic E-state index is 3.87. The van der Waals surface area contributed by atoms with E-state index >= 15 is 0 Å². The average molecular weight is 221 g/mol. The van der Waals surface area contributed by atoms with Gasteiger partial charge >= 0.3 is 12.3 Å². The van der Waals surface area contributed by atoms with Crippen molar-refractivity contribution in [2.75, 3.05) is 0 Å². The summed E-state index contributed by atoms with van der Waals surface area (Å²) >= 11 is 3.29. The lowest BCUT2D eigenvalue weighted by Gasteiger charge is -2.16. The van der Waals surface area contributed by atoms with Gasteiger partial charge in [0.2, 0.25) is 0 Å². The van der Waals surface area contributed by atoms with Gasteiger partial charge in [0.05, 0.1) is 0 Å². The first kappa shape index (κ1) is 11.0. The molecule has 0 fully saturated rings. The minimum atomic E-state index is -0.578. The fourth-order valence-corrected chi connectivity index (χ4v) is 5.28. The highest BCUT2D eigenvalue weighted by Crippen LogP contribution is 2.29. The molecule has 0 rings (SSSR count). The molecule has 0 aromatic rings. The predicted molar refractivity (Wildman–Crippen MR) is 54.1 cm³/mol. The summed E-state index contributed by atoms with van der Waals surface area (Å²) in [5.41, 5.74) is 0. The van der Waals surface area contributed by atoms with Crippen LogP contribution in [-0.2, 0) is 0 Å². The lowest BCUT2D eigenvalue weighted by molar-refractivity contribution is 0.799. The van der Waals surface area contributed by atoms with Crippen LogP contribution >= 0.6 is 14.1 Å². The molecule has 0 aliphatic carbocycles. The maximum Gasteiger partial charge on any atom is 0.371 e. The van der Waals surface area contributed by atoms with Crippen LogP contribution in [0.5, 0.6) is 0 Å². The maximum atomic E-state index is 3.87. The van der Waals surface area contributed by atoms with Crippen LogP contribution in [0, 0.1) is 0 Å². The van der Waals surface area contributed by atoms with E-state index in [-0.39, 0.29) is 0 Å². The van der Waals surface area contributed by atoms with Gasteiger partial charge in [-0.2, -0.15) is 0 Å². The van der Waals surface area contributed by atoms with Crippen molar-refractivity contribution in [3.05, 3.63) is 0 Å². The standard InChI is InChI=1S/2C4H9.Al.BrH/c2*1-3-4-2;;/h2*3H,4H2,1-2H3;;1H/q;;+1;/p-1. The van der Waals surface area contributed by atoms with Gasteiger partial charge in [-0.1, -0.05) is 50.1 Å². The second-order valence-corrected chi connectivity index (χ2v) is 9.55. The first-order valence-corrected chi connectivity index (χ1v) is 8.79. The molecule has 2 atom stereocenters. The first-order chi connectivity index (χ1) is 4.63. The average Bonchev–Trinajstić information content (AvgIpc) is 2.00. The summed E-state index contributed by atoms with van der Waals surface area (Å²) in [6.45, 7) is 9.32. The van der Waals surface area contributed by atoms with Gasteiger partial charge in [0.15, 0.2) is 0 Å². The van der Waals surface area contributed by atoms with Crippen LogP contribution in [0.3, 0.4) is 0 Å². The van der Waals surface area contributed by atoms with E-state index in [1.165, 1.54) is 12.8 Å². The summed E-state index contributed by atoms with van der Waals surface area (Å²) in [5, 5.41) is 0. The third kappa shape index (κ3) is 3.42. The summed E-state index contributed by atoms with van der Waals surface area (Å²) in [7, 11) is 0. The lowest BCUT2D eigenvalue weighted by atomic mass is 10.3. The molecule has 0 aliphatic rings. The van der Waals surface area contributed by atoms with E-state index in [4.69, 9.17) is 0 Å². The van der Waals surface area contributed by atoms with Crippen LogP contribution in [0.4, 0.5) is 0 Å². The Morgan fingerprint density at radius 1 is 1.10 bits per heavy atom. The van der Waals surface area contributed by atoms with Gasteiger partial charge in [-0.25, -0.2) is 14.1 Å². The van der Waals surface area contributed by atoms with Crippen molar-refractivity contribution in [1.82, 2.24) is 0 Å². The Kier molecular flexibility index (Phi) is 6.21. The fraction of sp³-hybridized carbons (Fsp3) is 1.00. The predicted octanol–water partition coefficient (Wildman–Crippen LogP) is 3.97. The molecule has 0 nitrogen and oxygen atoms in total. The van der Waals surface area contributed by atoms with Gasteiger partial charge in [0.1, 0.15) is 0 Å². The smallest absolute Gasteiger partial charge is 0.216 e. The number of rotatable bonds is 4. The summed E-state index contributed by atoms with van der Waals surface area (Å²) in [4.78, 5) is 0. The zero-order valence-corrected chi connectivity index (χ0v) is 10.3. The van der Waals surface area contributed by atoms with E-state index in [1.54, 1.807) is 0 Å². The molecule has 0 N–H and O–H groups in total. The zero-order chi connectivity index (χ0) is 8.15. The van der Waals surface area contributed by atoms with Crippen molar-refractivity contribution in [2.24, 2.45) is 0 Å². The SMILES string of the molecule is CC[CH](C)[Al]([Br])[CH](C)CC. The Morgan fingerprint density at radius 3 is 1.60 bits per heavy atom. The van der Waals surface area contributed by atoms with Gasteiger partial charge in [0, 0.05) is 0 Å². The topological polar surface area (TPSA) is 0 Å².